The van der Waals surface area contributed by atoms with Gasteiger partial charge in [-0.2, -0.15) is 11.8 Å². The molecule has 1 aromatic rings. The summed E-state index contributed by atoms with van der Waals surface area (Å²) in [6.07, 6.45) is 0.351. The number of amides is 1. The summed E-state index contributed by atoms with van der Waals surface area (Å²) in [6, 6.07) is 6.45. The van der Waals surface area contributed by atoms with E-state index < -0.39 is 12.0 Å². The molecule has 0 bridgehead atoms. The lowest BCUT2D eigenvalue weighted by Crippen LogP contribution is -2.30. The summed E-state index contributed by atoms with van der Waals surface area (Å²) in [5.74, 6) is -0.315. The van der Waals surface area contributed by atoms with E-state index in [4.69, 9.17) is 10.8 Å². The van der Waals surface area contributed by atoms with Crippen LogP contribution in [0.3, 0.4) is 0 Å². The number of hydrogen-bond donors (Lipinski definition) is 3. The SMILES string of the molecule is NC(CCSCC(=O)Nc1cccc(Br)c1)C(=O)O. The number of aliphatic carboxylic acids is 1. The number of anilines is 1. The van der Waals surface area contributed by atoms with E-state index in [1.54, 1.807) is 6.07 Å². The van der Waals surface area contributed by atoms with Crippen molar-refractivity contribution in [2.75, 3.05) is 16.8 Å². The molecule has 104 valence electrons. The molecule has 1 aromatic carbocycles. The molecule has 0 fully saturated rings. The number of thioether (sulfide) groups is 1. The summed E-state index contributed by atoms with van der Waals surface area (Å²) in [5.41, 5.74) is 6.08. The van der Waals surface area contributed by atoms with E-state index in [9.17, 15) is 9.59 Å². The van der Waals surface area contributed by atoms with Crippen LogP contribution in [-0.2, 0) is 9.59 Å². The van der Waals surface area contributed by atoms with Crippen LogP contribution in [0.25, 0.3) is 0 Å². The molecule has 19 heavy (non-hydrogen) atoms. The van der Waals surface area contributed by atoms with Gasteiger partial charge in [0, 0.05) is 10.2 Å². The Morgan fingerprint density at radius 3 is 2.84 bits per heavy atom. The van der Waals surface area contributed by atoms with Crippen LogP contribution in [0, 0.1) is 0 Å². The topological polar surface area (TPSA) is 92.4 Å². The minimum Gasteiger partial charge on any atom is -0.480 e. The Labute approximate surface area is 124 Å². The summed E-state index contributed by atoms with van der Waals surface area (Å²) in [6.45, 7) is 0. The smallest absolute Gasteiger partial charge is 0.320 e. The maximum Gasteiger partial charge on any atom is 0.320 e. The van der Waals surface area contributed by atoms with Crippen molar-refractivity contribution in [1.82, 2.24) is 0 Å². The Balaban J connectivity index is 2.23. The standard InChI is InChI=1S/C12H15BrN2O3S/c13-8-2-1-3-9(6-8)15-11(16)7-19-5-4-10(14)12(17)18/h1-3,6,10H,4-5,7,14H2,(H,15,16)(H,17,18). The van der Waals surface area contributed by atoms with Gasteiger partial charge in [0.2, 0.25) is 5.91 Å². The average Bonchev–Trinajstić information content (AvgIpc) is 2.34. The molecule has 1 unspecified atom stereocenters. The van der Waals surface area contributed by atoms with E-state index in [1.165, 1.54) is 11.8 Å². The van der Waals surface area contributed by atoms with E-state index in [1.807, 2.05) is 18.2 Å². The molecule has 0 aliphatic heterocycles. The molecule has 0 saturated carbocycles. The molecule has 7 heteroatoms. The largest absolute Gasteiger partial charge is 0.480 e. The lowest BCUT2D eigenvalue weighted by atomic mass is 10.2. The van der Waals surface area contributed by atoms with Gasteiger partial charge in [0.15, 0.2) is 0 Å². The minimum atomic E-state index is -1.01. The third-order valence-corrected chi connectivity index (χ3v) is 3.72. The number of benzene rings is 1. The van der Waals surface area contributed by atoms with Crippen molar-refractivity contribution in [2.45, 2.75) is 12.5 Å². The van der Waals surface area contributed by atoms with Gasteiger partial charge in [-0.3, -0.25) is 9.59 Å². The van der Waals surface area contributed by atoms with Crippen LogP contribution in [0.4, 0.5) is 5.69 Å². The van der Waals surface area contributed by atoms with Gasteiger partial charge in [-0.1, -0.05) is 22.0 Å². The molecule has 1 rings (SSSR count). The maximum atomic E-state index is 11.6. The first-order valence-electron chi connectivity index (χ1n) is 5.60. The van der Waals surface area contributed by atoms with Gasteiger partial charge < -0.3 is 16.2 Å². The Morgan fingerprint density at radius 1 is 1.47 bits per heavy atom. The average molecular weight is 347 g/mol. The Hall–Kier alpha value is -1.05. The summed E-state index contributed by atoms with van der Waals surface area (Å²) < 4.78 is 0.894. The molecule has 0 aliphatic rings. The van der Waals surface area contributed by atoms with Gasteiger partial charge in [0.05, 0.1) is 5.75 Å². The lowest BCUT2D eigenvalue weighted by Gasteiger charge is -2.07. The summed E-state index contributed by atoms with van der Waals surface area (Å²) in [7, 11) is 0. The number of nitrogens with one attached hydrogen (secondary N) is 1. The fourth-order valence-corrected chi connectivity index (χ4v) is 2.48. The predicted octanol–water partition coefficient (Wildman–Crippen LogP) is 1.92. The van der Waals surface area contributed by atoms with Crippen LogP contribution in [0.15, 0.2) is 28.7 Å². The number of carboxylic acid groups (broad SMARTS) is 1. The van der Waals surface area contributed by atoms with Crippen molar-refractivity contribution in [3.8, 4) is 0 Å². The fraction of sp³-hybridized carbons (Fsp3) is 0.333. The van der Waals surface area contributed by atoms with E-state index in [-0.39, 0.29) is 11.7 Å². The molecular formula is C12H15BrN2O3S. The first kappa shape index (κ1) is 16.0. The van der Waals surface area contributed by atoms with Gasteiger partial charge in [-0.25, -0.2) is 0 Å². The summed E-state index contributed by atoms with van der Waals surface area (Å²) >= 11 is 4.68. The highest BCUT2D eigenvalue weighted by atomic mass is 79.9. The zero-order valence-electron chi connectivity index (χ0n) is 10.1. The molecular weight excluding hydrogens is 332 g/mol. The van der Waals surface area contributed by atoms with Crippen molar-refractivity contribution in [3.05, 3.63) is 28.7 Å². The predicted molar refractivity (Wildman–Crippen MR) is 80.3 cm³/mol. The Bertz CT molecular complexity index is 456. The van der Waals surface area contributed by atoms with Crippen molar-refractivity contribution >= 4 is 45.3 Å². The van der Waals surface area contributed by atoms with E-state index in [2.05, 4.69) is 21.2 Å². The second-order valence-corrected chi connectivity index (χ2v) is 5.87. The number of carbonyl (C=O) groups excluding carboxylic acids is 1. The first-order valence-corrected chi connectivity index (χ1v) is 7.55. The molecule has 0 aromatic heterocycles. The minimum absolute atomic E-state index is 0.119. The molecule has 4 N–H and O–H groups in total. The van der Waals surface area contributed by atoms with Crippen molar-refractivity contribution in [3.63, 3.8) is 0 Å². The molecule has 0 radical (unpaired) electrons. The van der Waals surface area contributed by atoms with Crippen LogP contribution >= 0.6 is 27.7 Å². The fourth-order valence-electron chi connectivity index (χ4n) is 1.26. The number of halogens is 1. The highest BCUT2D eigenvalue weighted by molar-refractivity contribution is 9.10. The zero-order chi connectivity index (χ0) is 14.3. The third kappa shape index (κ3) is 6.60. The molecule has 0 spiro atoms. The molecule has 5 nitrogen and oxygen atoms in total. The first-order chi connectivity index (χ1) is 8.99. The molecule has 0 aliphatic carbocycles. The quantitative estimate of drug-likeness (QED) is 0.656. The van der Waals surface area contributed by atoms with Crippen LogP contribution in [0.2, 0.25) is 0 Å². The molecule has 0 saturated heterocycles. The number of rotatable bonds is 7. The van der Waals surface area contributed by atoms with E-state index in [0.29, 0.717) is 12.2 Å². The zero-order valence-corrected chi connectivity index (χ0v) is 12.5. The van der Waals surface area contributed by atoms with Crippen molar-refractivity contribution < 1.29 is 14.7 Å². The van der Waals surface area contributed by atoms with Crippen LogP contribution < -0.4 is 11.1 Å². The van der Waals surface area contributed by atoms with Crippen molar-refractivity contribution in [1.29, 1.82) is 0 Å². The monoisotopic (exact) mass is 346 g/mol. The highest BCUT2D eigenvalue weighted by Gasteiger charge is 2.11. The number of carbonyl (C=O) groups is 2. The Morgan fingerprint density at radius 2 is 2.21 bits per heavy atom. The second-order valence-electron chi connectivity index (χ2n) is 3.84. The van der Waals surface area contributed by atoms with E-state index in [0.717, 1.165) is 10.2 Å². The molecule has 1 amide bonds. The lowest BCUT2D eigenvalue weighted by molar-refractivity contribution is -0.138. The maximum absolute atomic E-state index is 11.6. The highest BCUT2D eigenvalue weighted by Crippen LogP contribution is 2.16. The van der Waals surface area contributed by atoms with Crippen LogP contribution in [0.5, 0.6) is 0 Å². The third-order valence-electron chi connectivity index (χ3n) is 2.23. The second kappa shape index (κ2) is 8.19. The van der Waals surface area contributed by atoms with Gasteiger partial charge in [-0.15, -0.1) is 0 Å². The van der Waals surface area contributed by atoms with Gasteiger partial charge >= 0.3 is 5.97 Å². The van der Waals surface area contributed by atoms with Gasteiger partial charge in [0.25, 0.3) is 0 Å². The van der Waals surface area contributed by atoms with Crippen LogP contribution in [-0.4, -0.2) is 34.5 Å². The van der Waals surface area contributed by atoms with Crippen molar-refractivity contribution in [2.24, 2.45) is 5.73 Å². The molecule has 0 heterocycles. The Kier molecular flexibility index (Phi) is 6.90. The van der Waals surface area contributed by atoms with Gasteiger partial charge in [0.1, 0.15) is 6.04 Å². The van der Waals surface area contributed by atoms with Crippen LogP contribution in [0.1, 0.15) is 6.42 Å². The molecule has 1 atom stereocenters. The summed E-state index contributed by atoms with van der Waals surface area (Å²) in [5, 5.41) is 11.3. The summed E-state index contributed by atoms with van der Waals surface area (Å²) in [4.78, 5) is 22.1. The normalized spacial score (nSPS) is 11.9. The number of carboxylic acids is 1. The van der Waals surface area contributed by atoms with E-state index >= 15 is 0 Å². The number of hydrogen-bond acceptors (Lipinski definition) is 4. The number of nitrogens with two attached hydrogens (primary N) is 1. The van der Waals surface area contributed by atoms with Gasteiger partial charge in [-0.05, 0) is 30.4 Å².